The van der Waals surface area contributed by atoms with Gasteiger partial charge in [-0.3, -0.25) is 10.9 Å². The van der Waals surface area contributed by atoms with Crippen LogP contribution in [0, 0.1) is 0 Å². The Morgan fingerprint density at radius 1 is 0.938 bits per heavy atom. The van der Waals surface area contributed by atoms with Crippen LogP contribution in [0.2, 0.25) is 0 Å². The van der Waals surface area contributed by atoms with Gasteiger partial charge in [-0.25, -0.2) is 0 Å². The lowest BCUT2D eigenvalue weighted by Gasteiger charge is -1.99. The third-order valence-electron chi connectivity index (χ3n) is 1.39. The van der Waals surface area contributed by atoms with Gasteiger partial charge in [-0.05, 0) is 37.3 Å². The zero-order valence-corrected chi connectivity index (χ0v) is 10.9. The quantitative estimate of drug-likeness (QED) is 0.240. The van der Waals surface area contributed by atoms with Crippen molar-refractivity contribution in [2.75, 3.05) is 14.1 Å². The molecule has 0 spiro atoms. The molecular formula is C8H16N6S2. The number of unbranched alkanes of at least 4 members (excludes halogenated alkanes) is 1. The largest absolute Gasteiger partial charge is 0.364 e. The first kappa shape index (κ1) is 14.7. The molecule has 0 aliphatic rings. The summed E-state index contributed by atoms with van der Waals surface area (Å²) in [5.74, 6) is 0. The summed E-state index contributed by atoms with van der Waals surface area (Å²) in [4.78, 5) is 0. The van der Waals surface area contributed by atoms with Gasteiger partial charge in [0.15, 0.2) is 10.2 Å². The van der Waals surface area contributed by atoms with E-state index in [1.807, 2.05) is 0 Å². The number of hydrogen-bond acceptors (Lipinski definition) is 4. The summed E-state index contributed by atoms with van der Waals surface area (Å²) >= 11 is 9.65. The fourth-order valence-corrected chi connectivity index (χ4v) is 0.704. The molecule has 0 rings (SSSR count). The molecule has 0 aromatic heterocycles. The maximum Gasteiger partial charge on any atom is 0.186 e. The molecule has 0 radical (unpaired) electrons. The predicted molar refractivity (Wildman–Crippen MR) is 75.8 cm³/mol. The maximum atomic E-state index is 4.82. The molecule has 4 N–H and O–H groups in total. The number of nitrogens with one attached hydrogen (secondary N) is 4. The van der Waals surface area contributed by atoms with Gasteiger partial charge in [0.05, 0.1) is 0 Å². The highest BCUT2D eigenvalue weighted by Gasteiger charge is 1.85. The van der Waals surface area contributed by atoms with Crippen molar-refractivity contribution >= 4 is 47.1 Å². The fourth-order valence-electron chi connectivity index (χ4n) is 0.599. The third kappa shape index (κ3) is 9.28. The number of rotatable bonds is 5. The average Bonchev–Trinajstić information content (AvgIpc) is 2.31. The Morgan fingerprint density at radius 2 is 1.31 bits per heavy atom. The van der Waals surface area contributed by atoms with E-state index in [1.165, 1.54) is 0 Å². The highest BCUT2D eigenvalue weighted by atomic mass is 32.1. The van der Waals surface area contributed by atoms with Crippen LogP contribution >= 0.6 is 24.4 Å². The summed E-state index contributed by atoms with van der Waals surface area (Å²) in [5, 5.41) is 14.3. The van der Waals surface area contributed by atoms with Gasteiger partial charge in [0.1, 0.15) is 0 Å². The van der Waals surface area contributed by atoms with Crippen LogP contribution in [-0.2, 0) is 0 Å². The number of nitrogens with zero attached hydrogens (tertiary/aromatic N) is 2. The Hall–Kier alpha value is -1.28. The first-order chi connectivity index (χ1) is 7.70. The average molecular weight is 260 g/mol. The van der Waals surface area contributed by atoms with Gasteiger partial charge < -0.3 is 10.6 Å². The molecule has 0 saturated heterocycles. The van der Waals surface area contributed by atoms with Crippen LogP contribution in [0.3, 0.4) is 0 Å². The lowest BCUT2D eigenvalue weighted by Crippen LogP contribution is -2.28. The second-order valence-corrected chi connectivity index (χ2v) is 3.40. The van der Waals surface area contributed by atoms with E-state index < -0.39 is 0 Å². The minimum atomic E-state index is 0.492. The first-order valence-corrected chi connectivity index (χ1v) is 5.50. The van der Waals surface area contributed by atoms with Crippen LogP contribution in [0.4, 0.5) is 0 Å². The van der Waals surface area contributed by atoms with E-state index >= 15 is 0 Å². The van der Waals surface area contributed by atoms with Crippen molar-refractivity contribution in [2.24, 2.45) is 10.2 Å². The lowest BCUT2D eigenvalue weighted by molar-refractivity contribution is 0.960. The minimum absolute atomic E-state index is 0.492. The van der Waals surface area contributed by atoms with Gasteiger partial charge in [0.2, 0.25) is 0 Å². The van der Waals surface area contributed by atoms with E-state index in [4.69, 9.17) is 24.4 Å². The van der Waals surface area contributed by atoms with E-state index in [-0.39, 0.29) is 0 Å². The van der Waals surface area contributed by atoms with E-state index in [9.17, 15) is 0 Å². The number of hydrogen-bond donors (Lipinski definition) is 4. The molecule has 0 aromatic carbocycles. The standard InChI is InChI=1S/C8H16N6S2/c1-9-7(15)13-11-5-3-4-6-12-14-8(16)10-2/h5-6H,3-4H2,1-2H3,(H2,9,13,15)(H2,10,14,16)/b11-5+,12-6+. The van der Waals surface area contributed by atoms with Crippen molar-refractivity contribution in [1.82, 2.24) is 21.5 Å². The maximum absolute atomic E-state index is 4.82. The zero-order chi connectivity index (χ0) is 12.2. The summed E-state index contributed by atoms with van der Waals surface area (Å²) in [6.45, 7) is 0. The van der Waals surface area contributed by atoms with E-state index in [0.29, 0.717) is 10.2 Å². The zero-order valence-electron chi connectivity index (χ0n) is 9.28. The molecule has 0 aliphatic carbocycles. The molecule has 0 atom stereocenters. The molecule has 0 fully saturated rings. The smallest absolute Gasteiger partial charge is 0.186 e. The SMILES string of the molecule is CNC(=S)N/N=C/CC/C=N/NC(=S)NC. The molecule has 6 nitrogen and oxygen atoms in total. The molecule has 0 unspecified atom stereocenters. The number of thiocarbonyl (C=S) groups is 2. The van der Waals surface area contributed by atoms with Crippen LogP contribution in [0.25, 0.3) is 0 Å². The molecule has 0 amide bonds. The van der Waals surface area contributed by atoms with Gasteiger partial charge in [-0.2, -0.15) is 10.2 Å². The molecule has 90 valence electrons. The Bertz CT molecular complexity index is 248. The van der Waals surface area contributed by atoms with Crippen LogP contribution < -0.4 is 21.5 Å². The van der Waals surface area contributed by atoms with Gasteiger partial charge in [0.25, 0.3) is 0 Å². The highest BCUT2D eigenvalue weighted by Crippen LogP contribution is 1.79. The second kappa shape index (κ2) is 10.2. The number of hydrazone groups is 2. The monoisotopic (exact) mass is 260 g/mol. The molecule has 0 aromatic rings. The minimum Gasteiger partial charge on any atom is -0.364 e. The predicted octanol–water partition coefficient (Wildman–Crippen LogP) is -0.0740. The highest BCUT2D eigenvalue weighted by molar-refractivity contribution is 7.80. The van der Waals surface area contributed by atoms with Gasteiger partial charge >= 0.3 is 0 Å². The molecule has 0 bridgehead atoms. The molecule has 0 heterocycles. The van der Waals surface area contributed by atoms with Gasteiger partial charge in [0, 0.05) is 26.5 Å². The summed E-state index contributed by atoms with van der Waals surface area (Å²) in [6.07, 6.45) is 5.01. The summed E-state index contributed by atoms with van der Waals surface area (Å²) < 4.78 is 0. The molecule has 0 aliphatic heterocycles. The Kier molecular flexibility index (Phi) is 9.43. The van der Waals surface area contributed by atoms with Crippen molar-refractivity contribution in [3.05, 3.63) is 0 Å². The van der Waals surface area contributed by atoms with Gasteiger partial charge in [-0.1, -0.05) is 0 Å². The first-order valence-electron chi connectivity index (χ1n) is 4.69. The van der Waals surface area contributed by atoms with Crippen molar-refractivity contribution in [3.63, 3.8) is 0 Å². The van der Waals surface area contributed by atoms with Crippen LogP contribution in [-0.4, -0.2) is 36.7 Å². The van der Waals surface area contributed by atoms with E-state index in [1.54, 1.807) is 26.5 Å². The molecular weight excluding hydrogens is 244 g/mol. The van der Waals surface area contributed by atoms with Gasteiger partial charge in [-0.15, -0.1) is 0 Å². The topological polar surface area (TPSA) is 72.8 Å². The fraction of sp³-hybridized carbons (Fsp3) is 0.500. The van der Waals surface area contributed by atoms with Crippen LogP contribution in [0.15, 0.2) is 10.2 Å². The molecule has 8 heteroatoms. The second-order valence-electron chi connectivity index (χ2n) is 2.58. The molecule has 0 saturated carbocycles. The Balaban J connectivity index is 3.45. The van der Waals surface area contributed by atoms with Crippen molar-refractivity contribution < 1.29 is 0 Å². The Morgan fingerprint density at radius 3 is 1.62 bits per heavy atom. The molecule has 16 heavy (non-hydrogen) atoms. The third-order valence-corrected chi connectivity index (χ3v) is 1.98. The lowest BCUT2D eigenvalue weighted by atomic mass is 10.3. The summed E-state index contributed by atoms with van der Waals surface area (Å²) in [7, 11) is 3.46. The van der Waals surface area contributed by atoms with Crippen molar-refractivity contribution in [2.45, 2.75) is 12.8 Å². The van der Waals surface area contributed by atoms with Crippen LogP contribution in [0.5, 0.6) is 0 Å². The van der Waals surface area contributed by atoms with Crippen molar-refractivity contribution in [1.29, 1.82) is 0 Å². The normalized spacial score (nSPS) is 10.4. The van der Waals surface area contributed by atoms with Crippen LogP contribution in [0.1, 0.15) is 12.8 Å². The Labute approximate surface area is 106 Å². The van der Waals surface area contributed by atoms with Crippen molar-refractivity contribution in [3.8, 4) is 0 Å². The summed E-state index contributed by atoms with van der Waals surface area (Å²) in [6, 6.07) is 0. The van der Waals surface area contributed by atoms with E-state index in [0.717, 1.165) is 12.8 Å². The summed E-state index contributed by atoms with van der Waals surface area (Å²) in [5.41, 5.74) is 5.30. The van der Waals surface area contributed by atoms with E-state index in [2.05, 4.69) is 31.7 Å².